The lowest BCUT2D eigenvalue weighted by molar-refractivity contribution is 0.144. The van der Waals surface area contributed by atoms with Crippen LogP contribution in [0.4, 0.5) is 13.2 Å². The number of aromatic nitrogens is 1. The minimum Gasteiger partial charge on any atom is -0.326 e. The summed E-state index contributed by atoms with van der Waals surface area (Å²) in [6, 6.07) is 0. The van der Waals surface area contributed by atoms with E-state index in [0.29, 0.717) is 0 Å². The number of alkyl halides is 2. The molecule has 0 spiro atoms. The summed E-state index contributed by atoms with van der Waals surface area (Å²) in [7, 11) is 0. The average Bonchev–Trinajstić information content (AvgIpc) is 1.97. The molecule has 0 aliphatic heterocycles. The minimum atomic E-state index is -2.96. The number of nitrogens with one attached hydrogen (secondary N) is 1. The highest BCUT2D eigenvalue weighted by Gasteiger charge is 2.19. The summed E-state index contributed by atoms with van der Waals surface area (Å²) in [6.07, 6.45) is -1.91. The monoisotopic (exact) mass is 289 g/mol. The van der Waals surface area contributed by atoms with E-state index in [0.717, 1.165) is 6.20 Å². The first-order valence-corrected chi connectivity index (χ1v) is 3.96. The zero-order chi connectivity index (χ0) is 9.30. The topological polar surface area (TPSA) is 32.9 Å². The predicted octanol–water partition coefficient (Wildman–Crippen LogP) is 2.06. The van der Waals surface area contributed by atoms with Crippen molar-refractivity contribution >= 4 is 22.6 Å². The molecule has 0 saturated carbocycles. The molecular weight excluding hydrogens is 286 g/mol. The Balaban J connectivity index is 3.43. The van der Waals surface area contributed by atoms with Gasteiger partial charge in [0, 0.05) is 9.77 Å². The van der Waals surface area contributed by atoms with Crippen LogP contribution in [0.15, 0.2) is 11.0 Å². The highest BCUT2D eigenvalue weighted by molar-refractivity contribution is 14.1. The molecule has 0 saturated heterocycles. The fraction of sp³-hybridized carbons (Fsp3) is 0.167. The third-order valence-electron chi connectivity index (χ3n) is 1.24. The van der Waals surface area contributed by atoms with E-state index in [1.54, 1.807) is 0 Å². The summed E-state index contributed by atoms with van der Waals surface area (Å²) in [4.78, 5) is 12.5. The molecule has 0 fully saturated rings. The number of hydrogen-bond acceptors (Lipinski definition) is 1. The van der Waals surface area contributed by atoms with Gasteiger partial charge in [-0.2, -0.15) is 0 Å². The predicted molar refractivity (Wildman–Crippen MR) is 44.7 cm³/mol. The fourth-order valence-corrected chi connectivity index (χ4v) is 1.33. The van der Waals surface area contributed by atoms with Gasteiger partial charge >= 0.3 is 0 Å². The van der Waals surface area contributed by atoms with Crippen LogP contribution >= 0.6 is 22.6 Å². The summed E-state index contributed by atoms with van der Waals surface area (Å²) >= 11 is 1.53. The maximum atomic E-state index is 12.7. The van der Waals surface area contributed by atoms with E-state index >= 15 is 0 Å². The van der Waals surface area contributed by atoms with Gasteiger partial charge in [-0.05, 0) is 22.6 Å². The van der Waals surface area contributed by atoms with Gasteiger partial charge in [-0.3, -0.25) is 4.79 Å². The molecule has 0 atom stereocenters. The van der Waals surface area contributed by atoms with Gasteiger partial charge in [0.05, 0.1) is 5.56 Å². The number of hydrogen-bond donors (Lipinski definition) is 1. The van der Waals surface area contributed by atoms with Crippen molar-refractivity contribution in [2.45, 2.75) is 6.43 Å². The fourth-order valence-electron chi connectivity index (χ4n) is 0.697. The number of aromatic amines is 1. The second-order valence-corrected chi connectivity index (χ2v) is 3.16. The van der Waals surface area contributed by atoms with Crippen LogP contribution in [0.3, 0.4) is 0 Å². The van der Waals surface area contributed by atoms with Crippen molar-refractivity contribution in [2.24, 2.45) is 0 Å². The van der Waals surface area contributed by atoms with Gasteiger partial charge in [0.25, 0.3) is 12.0 Å². The molecule has 1 heterocycles. The van der Waals surface area contributed by atoms with Crippen molar-refractivity contribution in [3.8, 4) is 0 Å². The second-order valence-electron chi connectivity index (χ2n) is 1.99. The number of rotatable bonds is 1. The molecule has 0 aromatic carbocycles. The second kappa shape index (κ2) is 3.46. The normalized spacial score (nSPS) is 10.8. The number of H-pyrrole nitrogens is 1. The van der Waals surface area contributed by atoms with Gasteiger partial charge in [-0.25, -0.2) is 13.2 Å². The minimum absolute atomic E-state index is 0.0136. The lowest BCUT2D eigenvalue weighted by Crippen LogP contribution is -2.14. The third-order valence-corrected chi connectivity index (χ3v) is 2.13. The van der Waals surface area contributed by atoms with Crippen molar-refractivity contribution in [1.29, 1.82) is 0 Å². The molecule has 1 aromatic heterocycles. The lowest BCUT2D eigenvalue weighted by atomic mass is 10.3. The van der Waals surface area contributed by atoms with Crippen LogP contribution in [0.5, 0.6) is 0 Å². The molecule has 0 bridgehead atoms. The molecule has 0 aliphatic rings. The quantitative estimate of drug-likeness (QED) is 0.789. The lowest BCUT2D eigenvalue weighted by Gasteiger charge is -2.02. The van der Waals surface area contributed by atoms with Crippen molar-refractivity contribution < 1.29 is 13.2 Å². The highest BCUT2D eigenvalue weighted by atomic mass is 127. The van der Waals surface area contributed by atoms with E-state index in [1.165, 1.54) is 22.6 Å². The van der Waals surface area contributed by atoms with Gasteiger partial charge in [-0.1, -0.05) is 0 Å². The first-order valence-electron chi connectivity index (χ1n) is 2.88. The van der Waals surface area contributed by atoms with E-state index in [4.69, 9.17) is 0 Å². The number of halogens is 4. The molecule has 0 aliphatic carbocycles. The third kappa shape index (κ3) is 1.62. The molecule has 1 rings (SSSR count). The van der Waals surface area contributed by atoms with Crippen molar-refractivity contribution in [1.82, 2.24) is 4.98 Å². The first kappa shape index (κ1) is 9.56. The Morgan fingerprint density at radius 1 is 1.50 bits per heavy atom. The van der Waals surface area contributed by atoms with Crippen LogP contribution in [-0.2, 0) is 0 Å². The maximum absolute atomic E-state index is 12.7. The Labute approximate surface area is 78.9 Å². The van der Waals surface area contributed by atoms with Gasteiger partial charge in [0.1, 0.15) is 0 Å². The Morgan fingerprint density at radius 3 is 2.50 bits per heavy atom. The molecule has 0 radical (unpaired) electrons. The summed E-state index contributed by atoms with van der Waals surface area (Å²) in [5, 5.41) is 0. The van der Waals surface area contributed by atoms with E-state index in [1.807, 2.05) is 4.98 Å². The van der Waals surface area contributed by atoms with Crippen molar-refractivity contribution in [2.75, 3.05) is 0 Å². The SMILES string of the molecule is O=c1[nH]cc(I)c(C(F)F)c1F. The molecule has 0 unspecified atom stereocenters. The van der Waals surface area contributed by atoms with Gasteiger partial charge in [0.2, 0.25) is 0 Å². The zero-order valence-electron chi connectivity index (χ0n) is 5.57. The summed E-state index contributed by atoms with van der Waals surface area (Å²) in [6.45, 7) is 0. The standard InChI is InChI=1S/C6H3F3INO/c7-4-3(5(8)9)2(10)1-11-6(4)12/h1,5H,(H,11,12). The van der Waals surface area contributed by atoms with E-state index < -0.39 is 23.4 Å². The zero-order valence-corrected chi connectivity index (χ0v) is 7.73. The largest absolute Gasteiger partial charge is 0.326 e. The molecule has 0 amide bonds. The number of pyridine rings is 1. The van der Waals surface area contributed by atoms with E-state index in [9.17, 15) is 18.0 Å². The van der Waals surface area contributed by atoms with E-state index in [-0.39, 0.29) is 3.57 Å². The van der Waals surface area contributed by atoms with Crippen LogP contribution < -0.4 is 5.56 Å². The van der Waals surface area contributed by atoms with Gasteiger partial charge in [0.15, 0.2) is 5.82 Å². The molecule has 1 aromatic rings. The molecular formula is C6H3F3INO. The summed E-state index contributed by atoms with van der Waals surface area (Å²) in [5.74, 6) is -1.41. The van der Waals surface area contributed by atoms with Crippen LogP contribution in [0, 0.1) is 9.39 Å². The Hall–Kier alpha value is -0.530. The van der Waals surface area contributed by atoms with Crippen LogP contribution in [-0.4, -0.2) is 4.98 Å². The summed E-state index contributed by atoms with van der Waals surface area (Å²) in [5.41, 5.74) is -1.95. The molecule has 6 heteroatoms. The van der Waals surface area contributed by atoms with Crippen LogP contribution in [0.1, 0.15) is 12.0 Å². The maximum Gasteiger partial charge on any atom is 0.284 e. The van der Waals surface area contributed by atoms with Gasteiger partial charge in [-0.15, -0.1) is 0 Å². The molecule has 2 nitrogen and oxygen atoms in total. The molecule has 1 N–H and O–H groups in total. The Morgan fingerprint density at radius 2 is 2.08 bits per heavy atom. The van der Waals surface area contributed by atoms with Crippen molar-refractivity contribution in [3.05, 3.63) is 31.5 Å². The Bertz CT molecular complexity index is 349. The first-order chi connectivity index (χ1) is 5.54. The van der Waals surface area contributed by atoms with E-state index in [2.05, 4.69) is 0 Å². The smallest absolute Gasteiger partial charge is 0.284 e. The van der Waals surface area contributed by atoms with Crippen LogP contribution in [0.2, 0.25) is 0 Å². The van der Waals surface area contributed by atoms with Crippen LogP contribution in [0.25, 0.3) is 0 Å². The van der Waals surface area contributed by atoms with Gasteiger partial charge < -0.3 is 4.98 Å². The highest BCUT2D eigenvalue weighted by Crippen LogP contribution is 2.24. The van der Waals surface area contributed by atoms with Crippen molar-refractivity contribution in [3.63, 3.8) is 0 Å². The molecule has 12 heavy (non-hydrogen) atoms. The Kier molecular flexibility index (Phi) is 2.76. The average molecular weight is 289 g/mol. The molecule has 66 valence electrons. The summed E-state index contributed by atoms with van der Waals surface area (Å²) < 4.78 is 36.8.